The van der Waals surface area contributed by atoms with Crippen molar-refractivity contribution in [1.29, 1.82) is 0 Å². The number of carboxylic acid groups (broad SMARTS) is 1. The van der Waals surface area contributed by atoms with Crippen LogP contribution in [0.3, 0.4) is 0 Å². The van der Waals surface area contributed by atoms with Crippen LogP contribution in [-0.4, -0.2) is 61.3 Å². The normalized spacial score (nSPS) is 15.8. The van der Waals surface area contributed by atoms with Gasteiger partial charge in [0.2, 0.25) is 0 Å². The maximum absolute atomic E-state index is 12.3. The molecule has 2 rings (SSSR count). The van der Waals surface area contributed by atoms with Crippen molar-refractivity contribution in [3.63, 3.8) is 0 Å². The number of carboxylic acids is 1. The smallest absolute Gasteiger partial charge is 0.326 e. The third-order valence-electron chi connectivity index (χ3n) is 3.35. The van der Waals surface area contributed by atoms with E-state index in [0.717, 1.165) is 5.82 Å². The van der Waals surface area contributed by atoms with Crippen molar-refractivity contribution in [1.82, 2.24) is 24.6 Å². The Hall–Kier alpha value is -2.12. The summed E-state index contributed by atoms with van der Waals surface area (Å²) in [4.78, 5) is 26.2. The van der Waals surface area contributed by atoms with E-state index in [-0.39, 0.29) is 6.03 Å². The quantitative estimate of drug-likeness (QED) is 0.832. The number of hydrogen-bond donors (Lipinski definition) is 1. The Morgan fingerprint density at radius 2 is 2.26 bits per heavy atom. The van der Waals surface area contributed by atoms with Gasteiger partial charge in [0, 0.05) is 20.1 Å². The zero-order valence-electron chi connectivity index (χ0n) is 11.0. The average Bonchev–Trinajstić information content (AvgIpc) is 2.85. The number of aliphatic carboxylic acids is 1. The lowest BCUT2D eigenvalue weighted by Crippen LogP contribution is -2.50. The van der Waals surface area contributed by atoms with Crippen LogP contribution in [0.1, 0.15) is 19.2 Å². The molecule has 1 unspecified atom stereocenters. The van der Waals surface area contributed by atoms with Crippen LogP contribution in [0.25, 0.3) is 0 Å². The van der Waals surface area contributed by atoms with Crippen LogP contribution in [-0.2, 0) is 17.9 Å². The summed E-state index contributed by atoms with van der Waals surface area (Å²) in [5, 5.41) is 16.8. The van der Waals surface area contributed by atoms with Gasteiger partial charge in [0.25, 0.3) is 0 Å². The van der Waals surface area contributed by atoms with E-state index in [4.69, 9.17) is 5.11 Å². The van der Waals surface area contributed by atoms with Crippen molar-refractivity contribution in [3.8, 4) is 0 Å². The Kier molecular flexibility index (Phi) is 3.68. The summed E-state index contributed by atoms with van der Waals surface area (Å²) in [5.41, 5.74) is 0. The van der Waals surface area contributed by atoms with E-state index in [9.17, 15) is 9.59 Å². The Morgan fingerprint density at radius 3 is 2.89 bits per heavy atom. The monoisotopic (exact) mass is 267 g/mol. The maximum atomic E-state index is 12.3. The first-order valence-corrected chi connectivity index (χ1v) is 6.15. The predicted molar refractivity (Wildman–Crippen MR) is 65.3 cm³/mol. The molecule has 0 radical (unpaired) electrons. The van der Waals surface area contributed by atoms with Crippen LogP contribution in [0.5, 0.6) is 0 Å². The van der Waals surface area contributed by atoms with Gasteiger partial charge in [-0.15, -0.1) is 10.2 Å². The highest BCUT2D eigenvalue weighted by Gasteiger charge is 2.30. The Balaban J connectivity index is 2.07. The first kappa shape index (κ1) is 13.3. The molecule has 1 aromatic rings. The third kappa shape index (κ3) is 2.51. The van der Waals surface area contributed by atoms with Crippen molar-refractivity contribution in [2.24, 2.45) is 0 Å². The molecule has 0 saturated carbocycles. The fourth-order valence-electron chi connectivity index (χ4n) is 2.20. The van der Waals surface area contributed by atoms with Gasteiger partial charge in [0.15, 0.2) is 5.82 Å². The second kappa shape index (κ2) is 5.25. The van der Waals surface area contributed by atoms with Gasteiger partial charge in [-0.25, -0.2) is 9.59 Å². The highest BCUT2D eigenvalue weighted by Crippen LogP contribution is 2.13. The molecule has 1 aliphatic heterocycles. The van der Waals surface area contributed by atoms with E-state index in [1.54, 1.807) is 18.2 Å². The molecule has 2 amide bonds. The molecule has 8 nitrogen and oxygen atoms in total. The summed E-state index contributed by atoms with van der Waals surface area (Å²) in [7, 11) is 1.52. The topological polar surface area (TPSA) is 91.6 Å². The van der Waals surface area contributed by atoms with Crippen molar-refractivity contribution >= 4 is 12.0 Å². The number of carbonyl (C=O) groups excluding carboxylic acids is 1. The van der Waals surface area contributed by atoms with Gasteiger partial charge in [0.1, 0.15) is 12.4 Å². The van der Waals surface area contributed by atoms with E-state index in [0.29, 0.717) is 26.1 Å². The minimum atomic E-state index is -0.987. The minimum absolute atomic E-state index is 0.288. The van der Waals surface area contributed by atoms with Crippen molar-refractivity contribution < 1.29 is 14.7 Å². The number of hydrogen-bond acceptors (Lipinski definition) is 4. The van der Waals surface area contributed by atoms with Gasteiger partial charge in [-0.1, -0.05) is 6.92 Å². The van der Waals surface area contributed by atoms with E-state index in [1.807, 2.05) is 4.57 Å². The predicted octanol–water partition coefficient (Wildman–Crippen LogP) is 0.00870. The molecule has 0 bridgehead atoms. The second-order valence-corrected chi connectivity index (χ2v) is 4.52. The molecule has 0 aromatic carbocycles. The molecular formula is C11H17N5O3. The van der Waals surface area contributed by atoms with Crippen LogP contribution in [0.4, 0.5) is 4.79 Å². The number of nitrogens with zero attached hydrogens (tertiary/aromatic N) is 5. The molecule has 1 N–H and O–H groups in total. The zero-order chi connectivity index (χ0) is 14.0. The molecule has 2 heterocycles. The number of aromatic nitrogens is 3. The van der Waals surface area contributed by atoms with Crippen molar-refractivity contribution in [3.05, 3.63) is 12.2 Å². The first-order valence-electron chi connectivity index (χ1n) is 6.15. The van der Waals surface area contributed by atoms with Gasteiger partial charge in [0.05, 0.1) is 6.54 Å². The molecular weight excluding hydrogens is 250 g/mol. The number of urea groups is 1. The average molecular weight is 267 g/mol. The standard InChI is InChI=1S/C11H17N5O3/c1-3-8(10(17)18)14(2)11(19)15-4-5-16-7-12-13-9(16)6-15/h7-8H,3-6H2,1-2H3,(H,17,18). The number of rotatable bonds is 3. The highest BCUT2D eigenvalue weighted by atomic mass is 16.4. The van der Waals surface area contributed by atoms with E-state index in [2.05, 4.69) is 10.2 Å². The van der Waals surface area contributed by atoms with Crippen LogP contribution in [0, 0.1) is 0 Å². The lowest BCUT2D eigenvalue weighted by molar-refractivity contribution is -0.142. The van der Waals surface area contributed by atoms with Crippen molar-refractivity contribution in [2.75, 3.05) is 13.6 Å². The fourth-order valence-corrected chi connectivity index (χ4v) is 2.20. The maximum Gasteiger partial charge on any atom is 0.326 e. The number of fused-ring (bicyclic) bond motifs is 1. The van der Waals surface area contributed by atoms with Crippen molar-refractivity contribution in [2.45, 2.75) is 32.5 Å². The summed E-state index contributed by atoms with van der Waals surface area (Å²) >= 11 is 0. The van der Waals surface area contributed by atoms with E-state index >= 15 is 0 Å². The van der Waals surface area contributed by atoms with E-state index in [1.165, 1.54) is 11.9 Å². The summed E-state index contributed by atoms with van der Waals surface area (Å²) in [6, 6.07) is -1.09. The Bertz CT molecular complexity index is 486. The molecule has 19 heavy (non-hydrogen) atoms. The first-order chi connectivity index (χ1) is 9.04. The molecule has 8 heteroatoms. The van der Waals surface area contributed by atoms with E-state index < -0.39 is 12.0 Å². The molecule has 1 aromatic heterocycles. The van der Waals surface area contributed by atoms with Crippen LogP contribution < -0.4 is 0 Å². The molecule has 0 fully saturated rings. The number of amides is 2. The van der Waals surface area contributed by atoms with Gasteiger partial charge in [-0.05, 0) is 6.42 Å². The molecule has 0 aliphatic carbocycles. The van der Waals surface area contributed by atoms with Gasteiger partial charge >= 0.3 is 12.0 Å². The van der Waals surface area contributed by atoms with Gasteiger partial charge in [-0.3, -0.25) is 0 Å². The van der Waals surface area contributed by atoms with Gasteiger partial charge < -0.3 is 19.5 Å². The zero-order valence-corrected chi connectivity index (χ0v) is 11.0. The van der Waals surface area contributed by atoms with Crippen LogP contribution in [0.2, 0.25) is 0 Å². The second-order valence-electron chi connectivity index (χ2n) is 4.52. The van der Waals surface area contributed by atoms with Crippen LogP contribution in [0.15, 0.2) is 6.33 Å². The molecule has 0 saturated heterocycles. The summed E-state index contributed by atoms with van der Waals surface area (Å²) in [6.45, 7) is 3.27. The SMILES string of the molecule is CCC(C(=O)O)N(C)C(=O)N1CCn2cnnc2C1. The third-order valence-corrected chi connectivity index (χ3v) is 3.35. The minimum Gasteiger partial charge on any atom is -0.480 e. The summed E-state index contributed by atoms with van der Waals surface area (Å²) < 4.78 is 1.89. The largest absolute Gasteiger partial charge is 0.480 e. The Morgan fingerprint density at radius 1 is 1.53 bits per heavy atom. The fraction of sp³-hybridized carbons (Fsp3) is 0.636. The highest BCUT2D eigenvalue weighted by molar-refractivity contribution is 5.82. The number of likely N-dealkylation sites (N-methyl/N-ethyl adjacent to an activating group) is 1. The van der Waals surface area contributed by atoms with Gasteiger partial charge in [-0.2, -0.15) is 0 Å². The Labute approximate surface area is 110 Å². The summed E-state index contributed by atoms with van der Waals surface area (Å²) in [6.07, 6.45) is 2.01. The molecule has 0 spiro atoms. The molecule has 104 valence electrons. The lowest BCUT2D eigenvalue weighted by atomic mass is 10.2. The van der Waals surface area contributed by atoms with Crippen LogP contribution >= 0.6 is 0 Å². The number of carbonyl (C=O) groups is 2. The molecule has 1 aliphatic rings. The lowest BCUT2D eigenvalue weighted by Gasteiger charge is -2.33. The summed E-state index contributed by atoms with van der Waals surface area (Å²) in [5.74, 6) is -0.269. The molecule has 1 atom stereocenters.